The summed E-state index contributed by atoms with van der Waals surface area (Å²) in [6.45, 7) is 3.85. The van der Waals surface area contributed by atoms with Crippen LogP contribution in [0.2, 0.25) is 0 Å². The zero-order valence-electron chi connectivity index (χ0n) is 11.1. The van der Waals surface area contributed by atoms with Gasteiger partial charge in [0.2, 0.25) is 5.91 Å². The molecule has 0 saturated heterocycles. The molecule has 4 heteroatoms. The Hall–Kier alpha value is -1.84. The first-order valence-corrected chi connectivity index (χ1v) is 5.98. The maximum Gasteiger partial charge on any atom is 0.227 e. The lowest BCUT2D eigenvalue weighted by Crippen LogP contribution is -2.24. The van der Waals surface area contributed by atoms with Crippen molar-refractivity contribution in [2.75, 3.05) is 7.11 Å². The summed E-state index contributed by atoms with van der Waals surface area (Å²) in [5.41, 5.74) is 2.11. The lowest BCUT2D eigenvalue weighted by Gasteiger charge is -2.11. The molecule has 0 saturated carbocycles. The molecule has 0 aliphatic carbocycles. The summed E-state index contributed by atoms with van der Waals surface area (Å²) in [5, 5.41) is 2.72. The summed E-state index contributed by atoms with van der Waals surface area (Å²) < 4.78 is 5.24. The van der Waals surface area contributed by atoms with Crippen LogP contribution in [0.3, 0.4) is 0 Å². The Morgan fingerprint density at radius 1 is 1.33 bits per heavy atom. The first-order valence-electron chi connectivity index (χ1n) is 5.98. The monoisotopic (exact) mass is 249 g/mol. The van der Waals surface area contributed by atoms with Gasteiger partial charge in [0.1, 0.15) is 11.5 Å². The molecule has 1 aromatic rings. The Morgan fingerprint density at radius 3 is 2.61 bits per heavy atom. The Morgan fingerprint density at radius 2 is 2.06 bits per heavy atom. The minimum absolute atomic E-state index is 0.0736. The number of hydrogen-bond acceptors (Lipinski definition) is 3. The normalized spacial score (nSPS) is 9.94. The number of hydrogen-bond donors (Lipinski definition) is 1. The molecule has 0 unspecified atom stereocenters. The summed E-state index contributed by atoms with van der Waals surface area (Å²) in [5.74, 6) is 0.351. The minimum Gasteiger partial charge on any atom is -0.496 e. The smallest absolute Gasteiger partial charge is 0.227 e. The molecule has 0 aromatic heterocycles. The molecule has 0 bridgehead atoms. The van der Waals surface area contributed by atoms with E-state index in [1.165, 1.54) is 12.5 Å². The zero-order valence-corrected chi connectivity index (χ0v) is 11.1. The highest BCUT2D eigenvalue weighted by Gasteiger charge is 2.08. The molecule has 0 atom stereocenters. The number of ketones is 1. The van der Waals surface area contributed by atoms with Crippen LogP contribution in [0.15, 0.2) is 18.2 Å². The van der Waals surface area contributed by atoms with Gasteiger partial charge in [-0.3, -0.25) is 9.59 Å². The Kier molecular flexibility index (Phi) is 5.36. The number of ether oxygens (including phenoxy) is 1. The highest BCUT2D eigenvalue weighted by Crippen LogP contribution is 2.20. The van der Waals surface area contributed by atoms with Crippen LogP contribution in [0.5, 0.6) is 5.75 Å². The van der Waals surface area contributed by atoms with Gasteiger partial charge in [-0.2, -0.15) is 0 Å². The van der Waals surface area contributed by atoms with Crippen molar-refractivity contribution in [1.29, 1.82) is 0 Å². The Bertz CT molecular complexity index is 441. The van der Waals surface area contributed by atoms with Crippen LogP contribution < -0.4 is 10.1 Å². The molecule has 4 nitrogen and oxygen atoms in total. The van der Waals surface area contributed by atoms with Crippen LogP contribution in [0.1, 0.15) is 31.4 Å². The van der Waals surface area contributed by atoms with Crippen LogP contribution in [0.25, 0.3) is 0 Å². The number of amides is 1. The average molecular weight is 249 g/mol. The van der Waals surface area contributed by atoms with Gasteiger partial charge in [-0.05, 0) is 25.0 Å². The van der Waals surface area contributed by atoms with Gasteiger partial charge in [-0.25, -0.2) is 0 Å². The van der Waals surface area contributed by atoms with Crippen molar-refractivity contribution in [2.45, 2.75) is 33.2 Å². The first-order chi connectivity index (χ1) is 8.56. The minimum atomic E-state index is -0.258. The molecule has 0 aliphatic rings. The van der Waals surface area contributed by atoms with E-state index in [0.717, 1.165) is 17.7 Å². The fourth-order valence-electron chi connectivity index (χ4n) is 1.67. The number of methoxy groups -OCH3 is 1. The largest absolute Gasteiger partial charge is 0.496 e. The fraction of sp³-hybridized carbons (Fsp3) is 0.429. The summed E-state index contributed by atoms with van der Waals surface area (Å²) in [7, 11) is 1.60. The first kappa shape index (κ1) is 14.2. The Balaban J connectivity index is 2.70. The van der Waals surface area contributed by atoms with Crippen molar-refractivity contribution in [3.05, 3.63) is 29.3 Å². The third kappa shape index (κ3) is 4.20. The van der Waals surface area contributed by atoms with E-state index in [1.807, 2.05) is 18.2 Å². The van der Waals surface area contributed by atoms with E-state index >= 15 is 0 Å². The number of rotatable bonds is 6. The second-order valence-electron chi connectivity index (χ2n) is 4.16. The van der Waals surface area contributed by atoms with Crippen molar-refractivity contribution >= 4 is 11.7 Å². The summed E-state index contributed by atoms with van der Waals surface area (Å²) >= 11 is 0. The third-order valence-corrected chi connectivity index (χ3v) is 2.64. The highest BCUT2D eigenvalue weighted by atomic mass is 16.5. The second kappa shape index (κ2) is 6.79. The zero-order chi connectivity index (χ0) is 13.5. The van der Waals surface area contributed by atoms with Gasteiger partial charge in [0.25, 0.3) is 0 Å². The summed E-state index contributed by atoms with van der Waals surface area (Å²) in [4.78, 5) is 22.2. The van der Waals surface area contributed by atoms with Gasteiger partial charge < -0.3 is 10.1 Å². The van der Waals surface area contributed by atoms with Crippen molar-refractivity contribution in [2.24, 2.45) is 0 Å². The van der Waals surface area contributed by atoms with Gasteiger partial charge >= 0.3 is 0 Å². The van der Waals surface area contributed by atoms with Crippen LogP contribution >= 0.6 is 0 Å². The van der Waals surface area contributed by atoms with Gasteiger partial charge in [-0.1, -0.05) is 19.1 Å². The van der Waals surface area contributed by atoms with Crippen molar-refractivity contribution in [3.63, 3.8) is 0 Å². The van der Waals surface area contributed by atoms with E-state index in [9.17, 15) is 9.59 Å². The molecule has 18 heavy (non-hydrogen) atoms. The number of carbonyl (C=O) groups is 2. The van der Waals surface area contributed by atoms with Crippen LogP contribution in [-0.2, 0) is 22.6 Å². The lowest BCUT2D eigenvalue weighted by molar-refractivity contribution is -0.127. The molecule has 1 rings (SSSR count). The van der Waals surface area contributed by atoms with Crippen molar-refractivity contribution in [1.82, 2.24) is 5.32 Å². The second-order valence-corrected chi connectivity index (χ2v) is 4.16. The third-order valence-electron chi connectivity index (χ3n) is 2.64. The maximum absolute atomic E-state index is 11.4. The van der Waals surface area contributed by atoms with Gasteiger partial charge in [0, 0.05) is 12.1 Å². The SMILES string of the molecule is CCc1ccc(OC)c(CNC(=O)CC(C)=O)c1. The highest BCUT2D eigenvalue weighted by molar-refractivity contribution is 5.96. The molecule has 0 heterocycles. The number of aryl methyl sites for hydroxylation is 1. The molecule has 1 aromatic carbocycles. The predicted octanol–water partition coefficient (Wildman–Crippen LogP) is 1.85. The molecule has 0 spiro atoms. The van der Waals surface area contributed by atoms with Gasteiger partial charge in [-0.15, -0.1) is 0 Å². The van der Waals surface area contributed by atoms with Crippen molar-refractivity contribution in [3.8, 4) is 5.75 Å². The van der Waals surface area contributed by atoms with Gasteiger partial charge in [0.05, 0.1) is 13.5 Å². The molecule has 1 amide bonds. The number of Topliss-reactive ketones (excluding diaryl/α,β-unsaturated/α-hetero) is 1. The van der Waals surface area contributed by atoms with E-state index in [-0.39, 0.29) is 18.1 Å². The summed E-state index contributed by atoms with van der Waals surface area (Å²) in [6, 6.07) is 5.90. The molecule has 1 N–H and O–H groups in total. The quantitative estimate of drug-likeness (QED) is 0.783. The van der Waals surface area contributed by atoms with E-state index < -0.39 is 0 Å². The summed E-state index contributed by atoms with van der Waals surface area (Å²) in [6.07, 6.45) is 0.855. The average Bonchev–Trinajstić information content (AvgIpc) is 2.35. The molecule has 0 radical (unpaired) electrons. The van der Waals surface area contributed by atoms with Crippen LogP contribution in [0, 0.1) is 0 Å². The lowest BCUT2D eigenvalue weighted by atomic mass is 10.1. The van der Waals surface area contributed by atoms with Crippen LogP contribution in [0.4, 0.5) is 0 Å². The van der Waals surface area contributed by atoms with E-state index in [4.69, 9.17) is 4.74 Å². The number of carbonyl (C=O) groups excluding carboxylic acids is 2. The molecular weight excluding hydrogens is 230 g/mol. The molecule has 0 fully saturated rings. The fourth-order valence-corrected chi connectivity index (χ4v) is 1.67. The Labute approximate surface area is 107 Å². The number of nitrogens with one attached hydrogen (secondary N) is 1. The van der Waals surface area contributed by atoms with E-state index in [1.54, 1.807) is 7.11 Å². The van der Waals surface area contributed by atoms with E-state index in [0.29, 0.717) is 6.54 Å². The maximum atomic E-state index is 11.4. The standard InChI is InChI=1S/C14H19NO3/c1-4-11-5-6-13(18-3)12(8-11)9-15-14(17)7-10(2)16/h5-6,8H,4,7,9H2,1-3H3,(H,15,17). The molecule has 98 valence electrons. The van der Waals surface area contributed by atoms with Crippen molar-refractivity contribution < 1.29 is 14.3 Å². The van der Waals surface area contributed by atoms with E-state index in [2.05, 4.69) is 12.2 Å². The topological polar surface area (TPSA) is 55.4 Å². The van der Waals surface area contributed by atoms with Crippen LogP contribution in [-0.4, -0.2) is 18.8 Å². The molecule has 0 aliphatic heterocycles. The molecular formula is C14H19NO3. The number of benzene rings is 1. The predicted molar refractivity (Wildman–Crippen MR) is 69.5 cm³/mol. The van der Waals surface area contributed by atoms with Gasteiger partial charge in [0.15, 0.2) is 0 Å².